The highest BCUT2D eigenvalue weighted by atomic mass is 32.2. The average molecular weight is 214 g/mol. The lowest BCUT2D eigenvalue weighted by Crippen LogP contribution is -2.37. The summed E-state index contributed by atoms with van der Waals surface area (Å²) < 4.78 is 11.0. The number of rotatable bonds is 4. The summed E-state index contributed by atoms with van der Waals surface area (Å²) in [6, 6.07) is 2.02. The van der Waals surface area contributed by atoms with E-state index < -0.39 is 16.2 Å². The minimum atomic E-state index is -0.933. The number of carbonyl (C=O) groups excluding carboxylic acids is 1. The Balaban J connectivity index is 2.37. The van der Waals surface area contributed by atoms with E-state index in [1.165, 1.54) is 0 Å². The van der Waals surface area contributed by atoms with Gasteiger partial charge in [-0.25, -0.2) is 0 Å². The fourth-order valence-electron chi connectivity index (χ4n) is 1.04. The standard InChI is InChI=1S/C9H14N2O2S/c1-7(14(2)13)5-11-8(12)9(6-10)3-4-9/h7H,3-5H2,1-2H3,(H,11,12). The fourth-order valence-corrected chi connectivity index (χ4v) is 1.36. The lowest BCUT2D eigenvalue weighted by molar-refractivity contribution is -0.124. The van der Waals surface area contributed by atoms with Crippen LogP contribution in [0.25, 0.3) is 0 Å². The number of hydrogen-bond acceptors (Lipinski definition) is 3. The van der Waals surface area contributed by atoms with Crippen LogP contribution >= 0.6 is 0 Å². The molecule has 0 spiro atoms. The zero-order valence-corrected chi connectivity index (χ0v) is 9.19. The van der Waals surface area contributed by atoms with Crippen molar-refractivity contribution in [3.63, 3.8) is 0 Å². The number of nitrogens with one attached hydrogen (secondary N) is 1. The van der Waals surface area contributed by atoms with Crippen LogP contribution in [0, 0.1) is 16.7 Å². The van der Waals surface area contributed by atoms with Gasteiger partial charge in [0.1, 0.15) is 5.41 Å². The molecule has 5 heteroatoms. The molecule has 1 saturated carbocycles. The van der Waals surface area contributed by atoms with Crippen molar-refractivity contribution in [3.05, 3.63) is 0 Å². The quantitative estimate of drug-likeness (QED) is 0.725. The third kappa shape index (κ3) is 2.32. The smallest absolute Gasteiger partial charge is 0.240 e. The van der Waals surface area contributed by atoms with Gasteiger partial charge in [-0.2, -0.15) is 5.26 Å². The van der Waals surface area contributed by atoms with Gasteiger partial charge in [-0.3, -0.25) is 9.00 Å². The van der Waals surface area contributed by atoms with Crippen molar-refractivity contribution in [1.82, 2.24) is 5.32 Å². The summed E-state index contributed by atoms with van der Waals surface area (Å²) >= 11 is 0. The van der Waals surface area contributed by atoms with E-state index in [0.29, 0.717) is 19.4 Å². The van der Waals surface area contributed by atoms with Crippen LogP contribution in [-0.2, 0) is 15.6 Å². The van der Waals surface area contributed by atoms with Gasteiger partial charge in [0.15, 0.2) is 0 Å². The van der Waals surface area contributed by atoms with Crippen molar-refractivity contribution in [2.24, 2.45) is 5.41 Å². The summed E-state index contributed by atoms with van der Waals surface area (Å²) in [5.41, 5.74) is -0.769. The molecule has 1 aliphatic carbocycles. The van der Waals surface area contributed by atoms with Gasteiger partial charge in [0, 0.05) is 28.9 Å². The van der Waals surface area contributed by atoms with Crippen molar-refractivity contribution in [3.8, 4) is 6.07 Å². The van der Waals surface area contributed by atoms with Gasteiger partial charge in [0.2, 0.25) is 5.91 Å². The minimum absolute atomic E-state index is 0.0616. The molecule has 2 atom stereocenters. The summed E-state index contributed by atoms with van der Waals surface area (Å²) in [7, 11) is -0.933. The molecule has 0 saturated heterocycles. The summed E-state index contributed by atoms with van der Waals surface area (Å²) in [4.78, 5) is 11.5. The Hall–Kier alpha value is -0.890. The zero-order chi connectivity index (χ0) is 10.8. The van der Waals surface area contributed by atoms with E-state index in [9.17, 15) is 9.00 Å². The van der Waals surface area contributed by atoms with E-state index in [2.05, 4.69) is 5.32 Å². The highest BCUT2D eigenvalue weighted by Gasteiger charge is 2.50. The maximum atomic E-state index is 11.5. The number of carbonyl (C=O) groups is 1. The Labute approximate surface area is 86.1 Å². The SMILES string of the molecule is CC(CNC(=O)C1(C#N)CC1)S(C)=O. The van der Waals surface area contributed by atoms with Gasteiger partial charge in [-0.1, -0.05) is 0 Å². The Morgan fingerprint density at radius 1 is 1.71 bits per heavy atom. The normalized spacial score (nSPS) is 21.8. The zero-order valence-electron chi connectivity index (χ0n) is 8.37. The molecule has 1 N–H and O–H groups in total. The van der Waals surface area contributed by atoms with E-state index in [4.69, 9.17) is 5.26 Å². The third-order valence-electron chi connectivity index (χ3n) is 2.52. The van der Waals surface area contributed by atoms with E-state index in [1.54, 1.807) is 6.26 Å². The van der Waals surface area contributed by atoms with E-state index >= 15 is 0 Å². The lowest BCUT2D eigenvalue weighted by Gasteiger charge is -2.11. The molecule has 0 radical (unpaired) electrons. The molecular weight excluding hydrogens is 200 g/mol. The van der Waals surface area contributed by atoms with Crippen LogP contribution in [-0.4, -0.2) is 28.2 Å². The van der Waals surface area contributed by atoms with Gasteiger partial charge >= 0.3 is 0 Å². The molecule has 78 valence electrons. The van der Waals surface area contributed by atoms with Crippen molar-refractivity contribution < 1.29 is 9.00 Å². The van der Waals surface area contributed by atoms with Crippen LogP contribution in [0.5, 0.6) is 0 Å². The second-order valence-corrected chi connectivity index (χ2v) is 5.52. The molecule has 0 heterocycles. The van der Waals surface area contributed by atoms with Gasteiger partial charge in [0.25, 0.3) is 0 Å². The molecule has 0 aromatic carbocycles. The molecule has 1 fully saturated rings. The monoisotopic (exact) mass is 214 g/mol. The van der Waals surface area contributed by atoms with Crippen molar-refractivity contribution in [2.75, 3.05) is 12.8 Å². The number of nitrogens with zero attached hydrogens (tertiary/aromatic N) is 1. The van der Waals surface area contributed by atoms with Gasteiger partial charge in [-0.15, -0.1) is 0 Å². The first-order valence-corrected chi connectivity index (χ1v) is 6.16. The summed E-state index contributed by atoms with van der Waals surface area (Å²) in [5.74, 6) is -0.211. The first kappa shape index (κ1) is 11.2. The molecule has 0 bridgehead atoms. The Bertz CT molecular complexity index is 304. The van der Waals surface area contributed by atoms with Gasteiger partial charge in [-0.05, 0) is 19.8 Å². The fraction of sp³-hybridized carbons (Fsp3) is 0.778. The highest BCUT2D eigenvalue weighted by Crippen LogP contribution is 2.44. The van der Waals surface area contributed by atoms with Crippen LogP contribution < -0.4 is 5.32 Å². The second-order valence-electron chi connectivity index (χ2n) is 3.71. The third-order valence-corrected chi connectivity index (χ3v) is 3.82. The molecular formula is C9H14N2O2S. The van der Waals surface area contributed by atoms with Crippen molar-refractivity contribution >= 4 is 16.7 Å². The van der Waals surface area contributed by atoms with Crippen molar-refractivity contribution in [1.29, 1.82) is 5.26 Å². The van der Waals surface area contributed by atoms with E-state index in [1.807, 2.05) is 13.0 Å². The van der Waals surface area contributed by atoms with Crippen LogP contribution in [0.2, 0.25) is 0 Å². The maximum Gasteiger partial charge on any atom is 0.240 e. The van der Waals surface area contributed by atoms with Gasteiger partial charge in [0.05, 0.1) is 6.07 Å². The molecule has 1 rings (SSSR count). The second kappa shape index (κ2) is 4.09. The lowest BCUT2D eigenvalue weighted by atomic mass is 10.1. The average Bonchev–Trinajstić information content (AvgIpc) is 2.93. The van der Waals surface area contributed by atoms with Crippen LogP contribution in [0.15, 0.2) is 0 Å². The molecule has 14 heavy (non-hydrogen) atoms. The topological polar surface area (TPSA) is 70.0 Å². The van der Waals surface area contributed by atoms with Crippen LogP contribution in [0.3, 0.4) is 0 Å². The molecule has 1 aliphatic rings. The van der Waals surface area contributed by atoms with E-state index in [-0.39, 0.29) is 11.2 Å². The largest absolute Gasteiger partial charge is 0.354 e. The molecule has 2 unspecified atom stereocenters. The summed E-state index contributed by atoms with van der Waals surface area (Å²) in [6.07, 6.45) is 2.91. The maximum absolute atomic E-state index is 11.5. The van der Waals surface area contributed by atoms with E-state index in [0.717, 1.165) is 0 Å². The molecule has 4 nitrogen and oxygen atoms in total. The summed E-state index contributed by atoms with van der Waals surface area (Å²) in [6.45, 7) is 2.19. The molecule has 0 aromatic heterocycles. The van der Waals surface area contributed by atoms with Crippen molar-refractivity contribution in [2.45, 2.75) is 25.0 Å². The van der Waals surface area contributed by atoms with Crippen LogP contribution in [0.4, 0.5) is 0 Å². The molecule has 0 aliphatic heterocycles. The first-order valence-electron chi connectivity index (χ1n) is 4.53. The highest BCUT2D eigenvalue weighted by molar-refractivity contribution is 7.84. The predicted molar refractivity (Wildman–Crippen MR) is 53.8 cm³/mol. The molecule has 0 aromatic rings. The Morgan fingerprint density at radius 2 is 2.29 bits per heavy atom. The number of nitriles is 1. The summed E-state index contributed by atoms with van der Waals surface area (Å²) in [5, 5.41) is 11.3. The first-order chi connectivity index (χ1) is 6.52. The Kier molecular flexibility index (Phi) is 3.27. The number of hydrogen-bond donors (Lipinski definition) is 1. The van der Waals surface area contributed by atoms with Crippen LogP contribution in [0.1, 0.15) is 19.8 Å². The number of amides is 1. The predicted octanol–water partition coefficient (Wildman–Crippen LogP) is 0.173. The van der Waals surface area contributed by atoms with Gasteiger partial charge < -0.3 is 5.32 Å². The Morgan fingerprint density at radius 3 is 2.64 bits per heavy atom. The minimum Gasteiger partial charge on any atom is -0.354 e. The molecule has 1 amide bonds.